The molecule has 1 aromatic heterocycles. The Kier molecular flexibility index (Phi) is 8.29. The number of aromatic hydroxyl groups is 2. The minimum Gasteiger partial charge on any atom is -0.507 e. The summed E-state index contributed by atoms with van der Waals surface area (Å²) in [4.78, 5) is 14.1. The molecule has 0 aliphatic carbocycles. The third-order valence-electron chi connectivity index (χ3n) is 7.22. The molecule has 0 saturated heterocycles. The van der Waals surface area contributed by atoms with Crippen molar-refractivity contribution in [3.05, 3.63) is 66.7 Å². The van der Waals surface area contributed by atoms with Gasteiger partial charge in [0.05, 0.1) is 13.2 Å². The number of hydrogen-bond donors (Lipinski definition) is 2. The first-order valence-electron chi connectivity index (χ1n) is 14.0. The van der Waals surface area contributed by atoms with Gasteiger partial charge in [-0.2, -0.15) is 9.97 Å². The van der Waals surface area contributed by atoms with Crippen molar-refractivity contribution in [2.24, 2.45) is 5.92 Å². The minimum absolute atomic E-state index is 0.0973. The van der Waals surface area contributed by atoms with E-state index in [9.17, 15) is 10.2 Å². The van der Waals surface area contributed by atoms with Gasteiger partial charge in [0.2, 0.25) is 0 Å². The van der Waals surface area contributed by atoms with Crippen LogP contribution >= 0.6 is 0 Å². The van der Waals surface area contributed by atoms with Crippen molar-refractivity contribution in [2.45, 2.75) is 46.5 Å². The minimum atomic E-state index is -0.190. The molecule has 5 rings (SSSR count). The van der Waals surface area contributed by atoms with Crippen LogP contribution in [0, 0.1) is 5.92 Å². The fourth-order valence-corrected chi connectivity index (χ4v) is 5.05. The summed E-state index contributed by atoms with van der Waals surface area (Å²) in [5.74, 6) is 0.869. The van der Waals surface area contributed by atoms with Gasteiger partial charge in [-0.25, -0.2) is 4.98 Å². The number of nitrogens with zero attached hydrogens (tertiary/aromatic N) is 3. The summed E-state index contributed by atoms with van der Waals surface area (Å²) < 4.78 is 11.6. The molecule has 0 fully saturated rings. The average molecular weight is 538 g/mol. The van der Waals surface area contributed by atoms with E-state index in [4.69, 9.17) is 19.4 Å². The Bertz CT molecular complexity index is 1610. The van der Waals surface area contributed by atoms with Crippen molar-refractivity contribution in [3.8, 4) is 46.0 Å². The van der Waals surface area contributed by atoms with E-state index in [1.54, 1.807) is 0 Å². The van der Waals surface area contributed by atoms with Crippen LogP contribution in [0.4, 0.5) is 0 Å². The summed E-state index contributed by atoms with van der Waals surface area (Å²) >= 11 is 0. The van der Waals surface area contributed by atoms with Crippen LogP contribution in [0.3, 0.4) is 0 Å². The molecule has 1 unspecified atom stereocenters. The second-order valence-corrected chi connectivity index (χ2v) is 9.95. The van der Waals surface area contributed by atoms with Gasteiger partial charge in [-0.15, -0.1) is 0 Å². The molecule has 7 heteroatoms. The Hall–Kier alpha value is -4.39. The Labute approximate surface area is 234 Å². The summed E-state index contributed by atoms with van der Waals surface area (Å²) in [7, 11) is 0. The van der Waals surface area contributed by atoms with E-state index in [-0.39, 0.29) is 28.9 Å². The number of rotatable bonds is 11. The molecular formula is C33H35N3O4. The molecular weight excluding hydrogens is 502 g/mol. The predicted molar refractivity (Wildman–Crippen MR) is 159 cm³/mol. The number of fused-ring (bicyclic) bond motifs is 3. The van der Waals surface area contributed by atoms with Gasteiger partial charge in [0.25, 0.3) is 0 Å². The molecule has 0 bridgehead atoms. The topological polar surface area (TPSA) is 97.6 Å². The lowest BCUT2D eigenvalue weighted by atomic mass is 9.97. The number of aromatic nitrogens is 3. The molecule has 0 radical (unpaired) electrons. The largest absolute Gasteiger partial charge is 0.507 e. The van der Waals surface area contributed by atoms with Crippen molar-refractivity contribution in [1.82, 2.24) is 15.0 Å². The summed E-state index contributed by atoms with van der Waals surface area (Å²) in [6, 6.07) is 21.5. The Balaban J connectivity index is 1.67. The van der Waals surface area contributed by atoms with E-state index in [2.05, 4.69) is 43.1 Å². The molecule has 0 aliphatic heterocycles. The van der Waals surface area contributed by atoms with E-state index in [1.807, 2.05) is 37.3 Å². The van der Waals surface area contributed by atoms with Gasteiger partial charge in [-0.1, -0.05) is 81.6 Å². The fourth-order valence-electron chi connectivity index (χ4n) is 5.05. The second kappa shape index (κ2) is 12.2. The third kappa shape index (κ3) is 5.64. The summed E-state index contributed by atoms with van der Waals surface area (Å²) in [5.41, 5.74) is 0.908. The number of benzene rings is 4. The van der Waals surface area contributed by atoms with Crippen LogP contribution in [0.5, 0.6) is 23.3 Å². The van der Waals surface area contributed by atoms with E-state index in [0.29, 0.717) is 30.7 Å². The summed E-state index contributed by atoms with van der Waals surface area (Å²) in [5, 5.41) is 26.0. The van der Waals surface area contributed by atoms with Crippen molar-refractivity contribution in [3.63, 3.8) is 0 Å². The highest BCUT2D eigenvalue weighted by molar-refractivity contribution is 6.13. The maximum atomic E-state index is 10.9. The monoisotopic (exact) mass is 537 g/mol. The van der Waals surface area contributed by atoms with Crippen molar-refractivity contribution >= 4 is 21.5 Å². The Morgan fingerprint density at radius 2 is 1.43 bits per heavy atom. The van der Waals surface area contributed by atoms with Crippen LogP contribution in [0.25, 0.3) is 44.3 Å². The highest BCUT2D eigenvalue weighted by atomic mass is 16.5. The van der Waals surface area contributed by atoms with Crippen LogP contribution in [0.1, 0.15) is 46.5 Å². The van der Waals surface area contributed by atoms with Gasteiger partial charge in [0.15, 0.2) is 11.6 Å². The smallest absolute Gasteiger partial charge is 0.320 e. The molecule has 4 aromatic carbocycles. The SMILES string of the molecule is CCCCC(CC)COc1nc(-c2c(O)cc(OCC)cc2O)nc(-c2cc3ccccc3c3ccccc23)n1. The first-order chi connectivity index (χ1) is 19.5. The van der Waals surface area contributed by atoms with Gasteiger partial charge in [-0.3, -0.25) is 0 Å². The van der Waals surface area contributed by atoms with Crippen LogP contribution in [-0.2, 0) is 0 Å². The van der Waals surface area contributed by atoms with Crippen molar-refractivity contribution in [1.29, 1.82) is 0 Å². The molecule has 0 saturated carbocycles. The van der Waals surface area contributed by atoms with Gasteiger partial charge < -0.3 is 19.7 Å². The van der Waals surface area contributed by atoms with Crippen molar-refractivity contribution < 1.29 is 19.7 Å². The number of hydrogen-bond acceptors (Lipinski definition) is 7. The maximum Gasteiger partial charge on any atom is 0.320 e. The predicted octanol–water partition coefficient (Wildman–Crippen LogP) is 7.92. The Morgan fingerprint density at radius 3 is 2.12 bits per heavy atom. The lowest BCUT2D eigenvalue weighted by molar-refractivity contribution is 0.217. The molecule has 0 amide bonds. The van der Waals surface area contributed by atoms with E-state index >= 15 is 0 Å². The third-order valence-corrected chi connectivity index (χ3v) is 7.22. The van der Waals surface area contributed by atoms with Gasteiger partial charge >= 0.3 is 6.01 Å². The zero-order chi connectivity index (χ0) is 28.1. The summed E-state index contributed by atoms with van der Waals surface area (Å²) in [6.07, 6.45) is 4.31. The maximum absolute atomic E-state index is 10.9. The standard InChI is InChI=1S/C33H35N3O4/c1-4-7-12-21(5-2)20-40-33-35-31(34-32(36-33)30-28(37)18-23(39-6-3)19-29(30)38)27-17-22-13-8-9-14-24(22)25-15-10-11-16-26(25)27/h8-11,13-19,21,37-38H,4-7,12,20H2,1-3H3. The zero-order valence-electron chi connectivity index (χ0n) is 23.2. The van der Waals surface area contributed by atoms with Gasteiger partial charge in [0, 0.05) is 17.7 Å². The number of ether oxygens (including phenoxy) is 2. The Morgan fingerprint density at radius 1 is 0.750 bits per heavy atom. The lowest BCUT2D eigenvalue weighted by Gasteiger charge is -2.16. The number of unbranched alkanes of at least 4 members (excludes halogenated alkanes) is 1. The first kappa shape index (κ1) is 27.2. The molecule has 0 aliphatic rings. The molecule has 1 heterocycles. The van der Waals surface area contributed by atoms with Gasteiger partial charge in [-0.05, 0) is 46.9 Å². The normalized spacial score (nSPS) is 12.1. The van der Waals surface area contributed by atoms with Crippen LogP contribution < -0.4 is 9.47 Å². The van der Waals surface area contributed by atoms with E-state index in [0.717, 1.165) is 52.8 Å². The van der Waals surface area contributed by atoms with Crippen LogP contribution in [0.15, 0.2) is 66.7 Å². The number of phenols is 2. The van der Waals surface area contributed by atoms with Gasteiger partial charge in [0.1, 0.15) is 22.8 Å². The van der Waals surface area contributed by atoms with Crippen molar-refractivity contribution in [2.75, 3.05) is 13.2 Å². The molecule has 206 valence electrons. The lowest BCUT2D eigenvalue weighted by Crippen LogP contribution is -2.13. The average Bonchev–Trinajstić information content (AvgIpc) is 2.96. The van der Waals surface area contributed by atoms with Crippen LogP contribution in [0.2, 0.25) is 0 Å². The van der Waals surface area contributed by atoms with Crippen LogP contribution in [-0.4, -0.2) is 38.4 Å². The zero-order valence-corrected chi connectivity index (χ0v) is 23.2. The molecule has 1 atom stereocenters. The van der Waals surface area contributed by atoms with E-state index < -0.39 is 0 Å². The fraction of sp³-hybridized carbons (Fsp3) is 0.303. The summed E-state index contributed by atoms with van der Waals surface area (Å²) in [6.45, 7) is 7.05. The number of phenolic OH excluding ortho intramolecular Hbond substituents is 2. The highest BCUT2D eigenvalue weighted by Crippen LogP contribution is 2.41. The molecule has 0 spiro atoms. The highest BCUT2D eigenvalue weighted by Gasteiger charge is 2.21. The van der Waals surface area contributed by atoms with E-state index in [1.165, 1.54) is 12.1 Å². The molecule has 7 nitrogen and oxygen atoms in total. The second-order valence-electron chi connectivity index (χ2n) is 9.95. The molecule has 5 aromatic rings. The quantitative estimate of drug-likeness (QED) is 0.165. The first-order valence-corrected chi connectivity index (χ1v) is 14.0. The molecule has 40 heavy (non-hydrogen) atoms. The molecule has 2 N–H and O–H groups in total.